The lowest BCUT2D eigenvalue weighted by Crippen LogP contribution is -2.30. The molecule has 8 nitrogen and oxygen atoms in total. The second-order valence-electron chi connectivity index (χ2n) is 7.28. The number of hydrogen-bond acceptors (Lipinski definition) is 8. The summed E-state index contributed by atoms with van der Waals surface area (Å²) in [6.07, 6.45) is 0.500. The lowest BCUT2D eigenvalue weighted by Gasteiger charge is -2.30. The van der Waals surface area contributed by atoms with Crippen molar-refractivity contribution in [3.63, 3.8) is 0 Å². The molecule has 0 saturated carbocycles. The first kappa shape index (κ1) is 19.2. The average Bonchev–Trinajstić information content (AvgIpc) is 2.71. The van der Waals surface area contributed by atoms with E-state index in [1.165, 1.54) is 12.1 Å². The molecule has 0 radical (unpaired) electrons. The summed E-state index contributed by atoms with van der Waals surface area (Å²) in [5.74, 6) is 0.262. The topological polar surface area (TPSA) is 118 Å². The largest absolute Gasteiger partial charge is 0.507 e. The van der Waals surface area contributed by atoms with Gasteiger partial charge in [0.25, 0.3) is 0 Å². The van der Waals surface area contributed by atoms with Crippen molar-refractivity contribution in [2.24, 2.45) is 0 Å². The second-order valence-corrected chi connectivity index (χ2v) is 7.28. The van der Waals surface area contributed by atoms with Crippen LogP contribution in [0.3, 0.4) is 0 Å². The van der Waals surface area contributed by atoms with E-state index in [4.69, 9.17) is 18.9 Å². The summed E-state index contributed by atoms with van der Waals surface area (Å²) in [6, 6.07) is 2.91. The molecule has 4 rings (SSSR count). The molecule has 2 aromatic rings. The first-order chi connectivity index (χ1) is 13.9. The quantitative estimate of drug-likeness (QED) is 0.574. The first-order valence-corrected chi connectivity index (χ1v) is 9.62. The fraction of sp³-hybridized carbons (Fsp3) is 0.429. The van der Waals surface area contributed by atoms with E-state index < -0.39 is 6.10 Å². The van der Waals surface area contributed by atoms with E-state index in [2.05, 4.69) is 0 Å². The highest BCUT2D eigenvalue weighted by atomic mass is 16.6. The third-order valence-corrected chi connectivity index (χ3v) is 5.31. The molecule has 2 heterocycles. The average molecular weight is 404 g/mol. The molecule has 2 aromatic carbocycles. The Morgan fingerprint density at radius 3 is 2.38 bits per heavy atom. The van der Waals surface area contributed by atoms with Crippen LogP contribution in [-0.4, -0.2) is 46.4 Å². The van der Waals surface area contributed by atoms with Gasteiger partial charge in [-0.15, -0.1) is 0 Å². The van der Waals surface area contributed by atoms with Crippen LogP contribution in [0.15, 0.2) is 12.1 Å². The normalized spacial score (nSPS) is 18.3. The minimum atomic E-state index is -0.396. The molecule has 0 aliphatic carbocycles. The van der Waals surface area contributed by atoms with Gasteiger partial charge in [-0.25, -0.2) is 0 Å². The number of benzene rings is 2. The maximum absolute atomic E-state index is 10.6. The van der Waals surface area contributed by atoms with E-state index in [1.807, 2.05) is 13.8 Å². The molecule has 0 amide bonds. The van der Waals surface area contributed by atoms with E-state index in [-0.39, 0.29) is 52.8 Å². The van der Waals surface area contributed by atoms with Crippen molar-refractivity contribution in [3.8, 4) is 46.0 Å². The van der Waals surface area contributed by atoms with Gasteiger partial charge in [-0.1, -0.05) is 13.8 Å². The van der Waals surface area contributed by atoms with Crippen LogP contribution in [0.1, 0.15) is 37.3 Å². The van der Waals surface area contributed by atoms with Gasteiger partial charge in [0.05, 0.1) is 0 Å². The van der Waals surface area contributed by atoms with Crippen molar-refractivity contribution in [3.05, 3.63) is 23.3 Å². The van der Waals surface area contributed by atoms with Gasteiger partial charge < -0.3 is 39.4 Å². The Kier molecular flexibility index (Phi) is 4.86. The maximum atomic E-state index is 10.6. The van der Waals surface area contributed by atoms with Crippen LogP contribution in [0.5, 0.6) is 46.0 Å². The van der Waals surface area contributed by atoms with Crippen LogP contribution in [0.4, 0.5) is 0 Å². The van der Waals surface area contributed by atoms with Crippen molar-refractivity contribution in [1.82, 2.24) is 0 Å². The number of hydrogen-bond donors (Lipinski definition) is 4. The van der Waals surface area contributed by atoms with Gasteiger partial charge in [0, 0.05) is 17.2 Å². The highest BCUT2D eigenvalue weighted by Gasteiger charge is 2.31. The van der Waals surface area contributed by atoms with Crippen LogP contribution >= 0.6 is 0 Å². The summed E-state index contributed by atoms with van der Waals surface area (Å²) in [6.45, 7) is 4.53. The van der Waals surface area contributed by atoms with Crippen LogP contribution in [0.25, 0.3) is 0 Å². The standard InChI is InChI=1S/C21H24O8/c1-3-12-14(22)8-16-20(17(12)24)29-11(9-28-16)6-10(2)13-7-15(23)19-21(18(13)25)27-5-4-26-19/h7-8,10-11,22-25H,3-6,9H2,1-2H3. The molecule has 0 bridgehead atoms. The number of rotatable bonds is 4. The van der Waals surface area contributed by atoms with Crippen molar-refractivity contribution >= 4 is 0 Å². The molecule has 2 aliphatic rings. The molecule has 2 atom stereocenters. The number of aromatic hydroxyl groups is 4. The molecule has 2 unspecified atom stereocenters. The molecule has 0 aromatic heterocycles. The molecule has 29 heavy (non-hydrogen) atoms. The van der Waals surface area contributed by atoms with Gasteiger partial charge in [0.2, 0.25) is 17.2 Å². The Morgan fingerprint density at radius 1 is 0.931 bits per heavy atom. The predicted octanol–water partition coefficient (Wildman–Crippen LogP) is 3.18. The van der Waals surface area contributed by atoms with E-state index in [0.717, 1.165) is 0 Å². The van der Waals surface area contributed by atoms with Crippen LogP contribution in [0, 0.1) is 0 Å². The Morgan fingerprint density at radius 2 is 1.66 bits per heavy atom. The Balaban J connectivity index is 1.56. The molecule has 0 fully saturated rings. The highest BCUT2D eigenvalue weighted by Crippen LogP contribution is 2.51. The Labute approximate surface area is 167 Å². The maximum Gasteiger partial charge on any atom is 0.207 e. The summed E-state index contributed by atoms with van der Waals surface area (Å²) in [5.41, 5.74) is 0.903. The van der Waals surface area contributed by atoms with Gasteiger partial charge >= 0.3 is 0 Å². The lowest BCUT2D eigenvalue weighted by atomic mass is 9.93. The first-order valence-electron chi connectivity index (χ1n) is 9.62. The van der Waals surface area contributed by atoms with Crippen LogP contribution in [0.2, 0.25) is 0 Å². The summed E-state index contributed by atoms with van der Waals surface area (Å²) < 4.78 is 22.5. The zero-order valence-corrected chi connectivity index (χ0v) is 16.3. The van der Waals surface area contributed by atoms with Gasteiger partial charge in [-0.05, 0) is 24.8 Å². The third-order valence-electron chi connectivity index (χ3n) is 5.31. The number of fused-ring (bicyclic) bond motifs is 2. The van der Waals surface area contributed by atoms with Crippen molar-refractivity contribution < 1.29 is 39.4 Å². The zero-order chi connectivity index (χ0) is 20.7. The summed E-state index contributed by atoms with van der Waals surface area (Å²) in [5, 5.41) is 41.3. The van der Waals surface area contributed by atoms with Gasteiger partial charge in [0.1, 0.15) is 31.7 Å². The Hall–Kier alpha value is -3.16. The smallest absolute Gasteiger partial charge is 0.207 e. The highest BCUT2D eigenvalue weighted by molar-refractivity contribution is 5.63. The number of ether oxygens (including phenoxy) is 4. The van der Waals surface area contributed by atoms with Crippen LogP contribution < -0.4 is 18.9 Å². The molecule has 4 N–H and O–H groups in total. The number of phenols is 4. The Bertz CT molecular complexity index is 939. The van der Waals surface area contributed by atoms with Gasteiger partial charge in [-0.2, -0.15) is 0 Å². The molecular weight excluding hydrogens is 380 g/mol. The summed E-state index contributed by atoms with van der Waals surface area (Å²) in [4.78, 5) is 0. The molecule has 156 valence electrons. The van der Waals surface area contributed by atoms with Gasteiger partial charge in [0.15, 0.2) is 23.0 Å². The molecule has 0 spiro atoms. The SMILES string of the molecule is CCc1c(O)cc2c(c1O)OC(CC(C)c1cc(O)c3c(c1O)OCCO3)CO2. The van der Waals surface area contributed by atoms with Crippen molar-refractivity contribution in [1.29, 1.82) is 0 Å². The van der Waals surface area contributed by atoms with Gasteiger partial charge in [-0.3, -0.25) is 0 Å². The zero-order valence-electron chi connectivity index (χ0n) is 16.3. The monoisotopic (exact) mass is 404 g/mol. The van der Waals surface area contributed by atoms with Crippen LogP contribution in [-0.2, 0) is 6.42 Å². The molecular formula is C21H24O8. The summed E-state index contributed by atoms with van der Waals surface area (Å²) in [7, 11) is 0. The van der Waals surface area contributed by atoms with E-state index in [0.29, 0.717) is 42.9 Å². The molecule has 2 aliphatic heterocycles. The molecule has 0 saturated heterocycles. The predicted molar refractivity (Wildman–Crippen MR) is 103 cm³/mol. The lowest BCUT2D eigenvalue weighted by molar-refractivity contribution is 0.0761. The van der Waals surface area contributed by atoms with E-state index in [1.54, 1.807) is 0 Å². The van der Waals surface area contributed by atoms with E-state index >= 15 is 0 Å². The molecule has 8 heteroatoms. The third kappa shape index (κ3) is 3.28. The van der Waals surface area contributed by atoms with Crippen molar-refractivity contribution in [2.45, 2.75) is 38.7 Å². The van der Waals surface area contributed by atoms with E-state index in [9.17, 15) is 20.4 Å². The fourth-order valence-corrected chi connectivity index (χ4v) is 3.82. The minimum absolute atomic E-state index is 0.0316. The summed E-state index contributed by atoms with van der Waals surface area (Å²) >= 11 is 0. The second kappa shape index (κ2) is 7.35. The van der Waals surface area contributed by atoms with Crippen molar-refractivity contribution in [2.75, 3.05) is 19.8 Å². The minimum Gasteiger partial charge on any atom is -0.507 e. The fourth-order valence-electron chi connectivity index (χ4n) is 3.82. The number of phenolic OH excluding ortho intramolecular Hbond substituents is 4.